The molecule has 0 bridgehead atoms. The van der Waals surface area contributed by atoms with E-state index in [2.05, 4.69) is 0 Å². The Labute approximate surface area is 53.3 Å². The lowest BCUT2D eigenvalue weighted by atomic mass is 10.0. The van der Waals surface area contributed by atoms with E-state index in [1.807, 2.05) is 0 Å². The van der Waals surface area contributed by atoms with Crippen LogP contribution in [0.2, 0.25) is 0 Å². The molecule has 3 nitrogen and oxygen atoms in total. The van der Waals surface area contributed by atoms with Gasteiger partial charge in [-0.1, -0.05) is 6.92 Å². The molecule has 0 aromatic heterocycles. The highest BCUT2D eigenvalue weighted by molar-refractivity contribution is 5.73. The van der Waals surface area contributed by atoms with E-state index >= 15 is 0 Å². The SMILES string of the molecule is CC1(C(O)C(=O)O)CC1. The third kappa shape index (κ3) is 1.05. The Morgan fingerprint density at radius 1 is 1.67 bits per heavy atom. The average molecular weight is 130 g/mol. The Balaban J connectivity index is 2.52. The zero-order chi connectivity index (χ0) is 7.07. The Kier molecular flexibility index (Phi) is 1.24. The number of aliphatic carboxylic acids is 1. The van der Waals surface area contributed by atoms with Crippen LogP contribution in [-0.2, 0) is 4.79 Å². The van der Waals surface area contributed by atoms with Gasteiger partial charge in [0.15, 0.2) is 6.10 Å². The predicted octanol–water partition coefficient (Wildman–Crippen LogP) is 0.232. The maximum absolute atomic E-state index is 10.1. The van der Waals surface area contributed by atoms with E-state index in [9.17, 15) is 4.79 Å². The van der Waals surface area contributed by atoms with Gasteiger partial charge in [-0.05, 0) is 12.8 Å². The summed E-state index contributed by atoms with van der Waals surface area (Å²) in [7, 11) is 0. The van der Waals surface area contributed by atoms with Crippen molar-refractivity contribution in [3.8, 4) is 0 Å². The first-order valence-corrected chi connectivity index (χ1v) is 2.97. The minimum atomic E-state index is -1.16. The highest BCUT2D eigenvalue weighted by Crippen LogP contribution is 2.48. The molecule has 0 saturated heterocycles. The molecule has 3 heteroatoms. The predicted molar refractivity (Wildman–Crippen MR) is 31.0 cm³/mol. The number of carbonyl (C=O) groups is 1. The summed E-state index contributed by atoms with van der Waals surface area (Å²) in [4.78, 5) is 10.1. The van der Waals surface area contributed by atoms with Gasteiger partial charge in [-0.15, -0.1) is 0 Å². The fourth-order valence-electron chi connectivity index (χ4n) is 0.769. The largest absolute Gasteiger partial charge is 0.479 e. The molecular weight excluding hydrogens is 120 g/mol. The van der Waals surface area contributed by atoms with Crippen molar-refractivity contribution in [2.75, 3.05) is 0 Å². The van der Waals surface area contributed by atoms with Crippen LogP contribution in [0.4, 0.5) is 0 Å². The smallest absolute Gasteiger partial charge is 0.333 e. The molecule has 2 N–H and O–H groups in total. The summed E-state index contributed by atoms with van der Waals surface area (Å²) in [6.07, 6.45) is 0.512. The molecule has 0 aliphatic heterocycles. The maximum atomic E-state index is 10.1. The molecule has 1 aliphatic rings. The lowest BCUT2D eigenvalue weighted by Gasteiger charge is -2.10. The first-order valence-electron chi connectivity index (χ1n) is 2.97. The average Bonchev–Trinajstić information content (AvgIpc) is 2.47. The maximum Gasteiger partial charge on any atom is 0.333 e. The summed E-state index contributed by atoms with van der Waals surface area (Å²) in [6.45, 7) is 1.78. The second-order valence-electron chi connectivity index (χ2n) is 2.89. The van der Waals surface area contributed by atoms with Crippen molar-refractivity contribution in [1.82, 2.24) is 0 Å². The van der Waals surface area contributed by atoms with Crippen molar-refractivity contribution in [2.24, 2.45) is 5.41 Å². The van der Waals surface area contributed by atoms with E-state index < -0.39 is 12.1 Å². The molecule has 0 heterocycles. The summed E-state index contributed by atoms with van der Waals surface area (Å²) in [6, 6.07) is 0. The number of carboxylic acids is 1. The van der Waals surface area contributed by atoms with Gasteiger partial charge in [-0.25, -0.2) is 4.79 Å². The third-order valence-corrected chi connectivity index (χ3v) is 1.93. The van der Waals surface area contributed by atoms with E-state index in [0.29, 0.717) is 0 Å². The van der Waals surface area contributed by atoms with E-state index in [0.717, 1.165) is 12.8 Å². The van der Waals surface area contributed by atoms with Gasteiger partial charge in [0.05, 0.1) is 0 Å². The Morgan fingerprint density at radius 2 is 2.11 bits per heavy atom. The number of carboxylic acid groups (broad SMARTS) is 1. The van der Waals surface area contributed by atoms with Crippen molar-refractivity contribution in [3.05, 3.63) is 0 Å². The number of aliphatic hydroxyl groups excluding tert-OH is 1. The van der Waals surface area contributed by atoms with Crippen LogP contribution in [0.15, 0.2) is 0 Å². The molecular formula is C6H10O3. The Bertz CT molecular complexity index is 137. The monoisotopic (exact) mass is 130 g/mol. The van der Waals surface area contributed by atoms with Gasteiger partial charge < -0.3 is 10.2 Å². The first-order chi connectivity index (χ1) is 4.06. The van der Waals surface area contributed by atoms with Gasteiger partial charge in [-0.3, -0.25) is 0 Å². The van der Waals surface area contributed by atoms with Crippen molar-refractivity contribution >= 4 is 5.97 Å². The summed E-state index contributed by atoms with van der Waals surface area (Å²) >= 11 is 0. The molecule has 1 atom stereocenters. The van der Waals surface area contributed by atoms with Crippen LogP contribution in [0.3, 0.4) is 0 Å². The van der Waals surface area contributed by atoms with E-state index in [4.69, 9.17) is 10.2 Å². The van der Waals surface area contributed by atoms with E-state index in [1.165, 1.54) is 0 Å². The van der Waals surface area contributed by atoms with E-state index in [-0.39, 0.29) is 5.41 Å². The van der Waals surface area contributed by atoms with Crippen molar-refractivity contribution in [1.29, 1.82) is 0 Å². The molecule has 1 unspecified atom stereocenters. The van der Waals surface area contributed by atoms with Gasteiger partial charge in [-0.2, -0.15) is 0 Å². The number of hydrogen-bond acceptors (Lipinski definition) is 2. The van der Waals surface area contributed by atoms with Gasteiger partial charge in [0.2, 0.25) is 0 Å². The third-order valence-electron chi connectivity index (χ3n) is 1.93. The van der Waals surface area contributed by atoms with Gasteiger partial charge in [0.1, 0.15) is 0 Å². The van der Waals surface area contributed by atoms with E-state index in [1.54, 1.807) is 6.92 Å². The van der Waals surface area contributed by atoms with Crippen LogP contribution in [0.5, 0.6) is 0 Å². The first kappa shape index (κ1) is 6.55. The molecule has 0 radical (unpaired) electrons. The Hall–Kier alpha value is -0.570. The molecule has 1 saturated carbocycles. The highest BCUT2D eigenvalue weighted by Gasteiger charge is 2.47. The molecule has 0 aromatic rings. The summed E-state index contributed by atoms with van der Waals surface area (Å²) in [5, 5.41) is 17.2. The van der Waals surface area contributed by atoms with Gasteiger partial charge >= 0.3 is 5.97 Å². The molecule has 0 aromatic carbocycles. The second-order valence-corrected chi connectivity index (χ2v) is 2.89. The number of hydrogen-bond donors (Lipinski definition) is 2. The normalized spacial score (nSPS) is 25.1. The zero-order valence-corrected chi connectivity index (χ0v) is 5.29. The number of rotatable bonds is 2. The van der Waals surface area contributed by atoms with Crippen LogP contribution >= 0.6 is 0 Å². The minimum absolute atomic E-state index is 0.314. The van der Waals surface area contributed by atoms with Crippen LogP contribution in [-0.4, -0.2) is 22.3 Å². The fraction of sp³-hybridized carbons (Fsp3) is 0.833. The van der Waals surface area contributed by atoms with Crippen molar-refractivity contribution in [2.45, 2.75) is 25.9 Å². The summed E-state index contributed by atoms with van der Waals surface area (Å²) < 4.78 is 0. The lowest BCUT2D eigenvalue weighted by Crippen LogP contribution is -2.28. The van der Waals surface area contributed by atoms with Gasteiger partial charge in [0, 0.05) is 5.41 Å². The van der Waals surface area contributed by atoms with Crippen molar-refractivity contribution in [3.63, 3.8) is 0 Å². The second kappa shape index (κ2) is 1.70. The minimum Gasteiger partial charge on any atom is -0.479 e. The topological polar surface area (TPSA) is 57.5 Å². The van der Waals surface area contributed by atoms with Crippen molar-refractivity contribution < 1.29 is 15.0 Å². The van der Waals surface area contributed by atoms with Gasteiger partial charge in [0.25, 0.3) is 0 Å². The zero-order valence-electron chi connectivity index (χ0n) is 5.29. The quantitative estimate of drug-likeness (QED) is 0.562. The molecule has 9 heavy (non-hydrogen) atoms. The standard InChI is InChI=1S/C6H10O3/c1-6(2-3-6)4(7)5(8)9/h4,7H,2-3H2,1H3,(H,8,9). The van der Waals surface area contributed by atoms with Crippen LogP contribution in [0.1, 0.15) is 19.8 Å². The molecule has 52 valence electrons. The molecule has 0 amide bonds. The fourth-order valence-corrected chi connectivity index (χ4v) is 0.769. The van der Waals surface area contributed by atoms with Crippen LogP contribution < -0.4 is 0 Å². The Morgan fingerprint density at radius 3 is 2.22 bits per heavy atom. The van der Waals surface area contributed by atoms with Crippen LogP contribution in [0.25, 0.3) is 0 Å². The highest BCUT2D eigenvalue weighted by atomic mass is 16.4. The number of aliphatic hydroxyl groups is 1. The molecule has 1 fully saturated rings. The molecule has 0 spiro atoms. The van der Waals surface area contributed by atoms with Crippen LogP contribution in [0, 0.1) is 5.41 Å². The summed E-state index contributed by atoms with van der Waals surface area (Å²) in [5.74, 6) is -1.10. The lowest BCUT2D eigenvalue weighted by molar-refractivity contribution is -0.150. The summed E-state index contributed by atoms with van der Waals surface area (Å²) in [5.41, 5.74) is -0.314. The molecule has 1 rings (SSSR count). The molecule has 1 aliphatic carbocycles.